The van der Waals surface area contributed by atoms with Gasteiger partial charge in [0.25, 0.3) is 0 Å². The van der Waals surface area contributed by atoms with E-state index in [1.54, 1.807) is 0 Å². The number of rotatable bonds is 4. The van der Waals surface area contributed by atoms with Crippen LogP contribution >= 0.6 is 0 Å². The van der Waals surface area contributed by atoms with Gasteiger partial charge in [0.2, 0.25) is 11.8 Å². The Kier molecular flexibility index (Phi) is 4.73. The first-order valence-electron chi connectivity index (χ1n) is 8.12. The second-order valence-corrected chi connectivity index (χ2v) is 6.08. The maximum Gasteiger partial charge on any atom is 0.226 e. The molecule has 0 aliphatic carbocycles. The Hall–Kier alpha value is -1.88. The van der Waals surface area contributed by atoms with Crippen molar-refractivity contribution in [2.75, 3.05) is 24.5 Å². The molecule has 1 aromatic rings. The lowest BCUT2D eigenvalue weighted by molar-refractivity contribution is -0.124. The number of carbonyl (C=O) groups excluding carboxylic acids is 2. The maximum absolute atomic E-state index is 12.0. The molecule has 0 saturated carbocycles. The Morgan fingerprint density at radius 2 is 2.09 bits per heavy atom. The summed E-state index contributed by atoms with van der Waals surface area (Å²) in [5.74, 6) is 0.437. The number of hydrogen-bond donors (Lipinski definition) is 2. The predicted molar refractivity (Wildman–Crippen MR) is 85.5 cm³/mol. The van der Waals surface area contributed by atoms with Gasteiger partial charge < -0.3 is 15.5 Å². The van der Waals surface area contributed by atoms with Crippen LogP contribution < -0.4 is 15.5 Å². The van der Waals surface area contributed by atoms with Gasteiger partial charge in [-0.2, -0.15) is 0 Å². The van der Waals surface area contributed by atoms with Gasteiger partial charge in [-0.15, -0.1) is 0 Å². The summed E-state index contributed by atoms with van der Waals surface area (Å²) in [6.07, 6.45) is 3.63. The number of amides is 2. The average molecular weight is 301 g/mol. The molecule has 5 nitrogen and oxygen atoms in total. The quantitative estimate of drug-likeness (QED) is 0.884. The van der Waals surface area contributed by atoms with E-state index >= 15 is 0 Å². The first-order chi connectivity index (χ1) is 10.7. The molecule has 1 atom stereocenters. The minimum atomic E-state index is 0.102. The Bertz CT molecular complexity index is 535. The highest BCUT2D eigenvalue weighted by Crippen LogP contribution is 2.21. The second-order valence-electron chi connectivity index (χ2n) is 6.08. The van der Waals surface area contributed by atoms with Crippen molar-refractivity contribution in [2.45, 2.75) is 32.2 Å². The highest BCUT2D eigenvalue weighted by atomic mass is 16.2. The number of nitrogens with one attached hydrogen (secondary N) is 2. The zero-order valence-corrected chi connectivity index (χ0v) is 12.8. The van der Waals surface area contributed by atoms with Crippen molar-refractivity contribution in [1.29, 1.82) is 0 Å². The molecule has 2 aliphatic rings. The summed E-state index contributed by atoms with van der Waals surface area (Å²) in [6, 6.07) is 7.93. The molecule has 0 aromatic heterocycles. The van der Waals surface area contributed by atoms with E-state index in [2.05, 4.69) is 10.6 Å². The predicted octanol–water partition coefficient (Wildman–Crippen LogP) is 1.43. The number of hydrogen-bond acceptors (Lipinski definition) is 3. The van der Waals surface area contributed by atoms with Crippen molar-refractivity contribution < 1.29 is 9.59 Å². The lowest BCUT2D eigenvalue weighted by Gasteiger charge is -2.26. The molecule has 2 heterocycles. The Labute approximate surface area is 131 Å². The molecule has 2 saturated heterocycles. The summed E-state index contributed by atoms with van der Waals surface area (Å²) in [6.45, 7) is 3.06. The molecule has 3 rings (SSSR count). The average Bonchev–Trinajstić information content (AvgIpc) is 3.08. The van der Waals surface area contributed by atoms with Gasteiger partial charge in [-0.3, -0.25) is 9.59 Å². The van der Waals surface area contributed by atoms with Gasteiger partial charge in [0.1, 0.15) is 0 Å². The topological polar surface area (TPSA) is 61.4 Å². The lowest BCUT2D eigenvalue weighted by Crippen LogP contribution is -2.35. The number of nitrogens with zero attached hydrogens (tertiary/aromatic N) is 1. The van der Waals surface area contributed by atoms with Crippen LogP contribution in [0.25, 0.3) is 0 Å². The van der Waals surface area contributed by atoms with Crippen molar-refractivity contribution in [1.82, 2.24) is 10.6 Å². The third kappa shape index (κ3) is 3.47. The molecular weight excluding hydrogens is 278 g/mol. The third-order valence-electron chi connectivity index (χ3n) is 4.47. The van der Waals surface area contributed by atoms with Crippen LogP contribution in [0.4, 0.5) is 5.69 Å². The fourth-order valence-electron chi connectivity index (χ4n) is 3.08. The zero-order valence-electron chi connectivity index (χ0n) is 12.8. The smallest absolute Gasteiger partial charge is 0.226 e. The van der Waals surface area contributed by atoms with Gasteiger partial charge in [-0.1, -0.05) is 12.1 Å². The van der Waals surface area contributed by atoms with E-state index in [9.17, 15) is 9.59 Å². The normalized spacial score (nSPS) is 21.9. The number of benzene rings is 1. The third-order valence-corrected chi connectivity index (χ3v) is 4.47. The molecule has 0 radical (unpaired) electrons. The van der Waals surface area contributed by atoms with Gasteiger partial charge in [0.15, 0.2) is 0 Å². The van der Waals surface area contributed by atoms with E-state index in [1.165, 1.54) is 0 Å². The van der Waals surface area contributed by atoms with Crippen molar-refractivity contribution in [3.05, 3.63) is 29.8 Å². The zero-order chi connectivity index (χ0) is 15.4. The first kappa shape index (κ1) is 15.0. The largest absolute Gasteiger partial charge is 0.352 e. The summed E-state index contributed by atoms with van der Waals surface area (Å²) in [4.78, 5) is 25.7. The van der Waals surface area contributed by atoms with E-state index in [1.807, 2.05) is 29.2 Å². The van der Waals surface area contributed by atoms with Crippen LogP contribution in [0.3, 0.4) is 0 Å². The number of anilines is 1. The second kappa shape index (κ2) is 6.92. The number of carbonyl (C=O) groups is 2. The van der Waals surface area contributed by atoms with Crippen molar-refractivity contribution in [3.63, 3.8) is 0 Å². The molecule has 2 N–H and O–H groups in total. The van der Waals surface area contributed by atoms with Crippen LogP contribution in [0.1, 0.15) is 31.2 Å². The van der Waals surface area contributed by atoms with Gasteiger partial charge in [0.05, 0.1) is 5.92 Å². The van der Waals surface area contributed by atoms with Crippen LogP contribution in [0.2, 0.25) is 0 Å². The van der Waals surface area contributed by atoms with Gasteiger partial charge in [-0.05, 0) is 43.5 Å². The highest BCUT2D eigenvalue weighted by molar-refractivity contribution is 5.93. The van der Waals surface area contributed by atoms with Gasteiger partial charge >= 0.3 is 0 Å². The SMILES string of the molecule is O=C(NCc1ccc(N2CCCCC2=O)cc1)C1CCNC1. The monoisotopic (exact) mass is 301 g/mol. The van der Waals surface area contributed by atoms with Gasteiger partial charge in [-0.25, -0.2) is 0 Å². The van der Waals surface area contributed by atoms with E-state index < -0.39 is 0 Å². The minimum Gasteiger partial charge on any atom is -0.352 e. The van der Waals surface area contributed by atoms with Crippen LogP contribution in [0.5, 0.6) is 0 Å². The van der Waals surface area contributed by atoms with E-state index in [0.29, 0.717) is 13.0 Å². The molecule has 0 bridgehead atoms. The maximum atomic E-state index is 12.0. The van der Waals surface area contributed by atoms with E-state index in [-0.39, 0.29) is 17.7 Å². The standard InChI is InChI=1S/C17H23N3O2/c21-16-3-1-2-10-20(16)15-6-4-13(5-7-15)11-19-17(22)14-8-9-18-12-14/h4-7,14,18H,1-3,8-12H2,(H,19,22). The summed E-state index contributed by atoms with van der Waals surface area (Å²) in [5, 5.41) is 6.19. The molecule has 2 fully saturated rings. The first-order valence-corrected chi connectivity index (χ1v) is 8.12. The Balaban J connectivity index is 1.54. The van der Waals surface area contributed by atoms with Crippen molar-refractivity contribution in [3.8, 4) is 0 Å². The highest BCUT2D eigenvalue weighted by Gasteiger charge is 2.22. The van der Waals surface area contributed by atoms with E-state index in [0.717, 1.165) is 50.1 Å². The summed E-state index contributed by atoms with van der Waals surface area (Å²) >= 11 is 0. The van der Waals surface area contributed by atoms with Crippen LogP contribution in [-0.4, -0.2) is 31.4 Å². The molecule has 118 valence electrons. The molecule has 22 heavy (non-hydrogen) atoms. The minimum absolute atomic E-state index is 0.102. The Morgan fingerprint density at radius 3 is 2.77 bits per heavy atom. The van der Waals surface area contributed by atoms with Crippen LogP contribution in [0.15, 0.2) is 24.3 Å². The lowest BCUT2D eigenvalue weighted by atomic mass is 10.1. The summed E-state index contributed by atoms with van der Waals surface area (Å²) < 4.78 is 0. The van der Waals surface area contributed by atoms with Gasteiger partial charge in [0, 0.05) is 31.7 Å². The Morgan fingerprint density at radius 1 is 1.27 bits per heavy atom. The van der Waals surface area contributed by atoms with Crippen molar-refractivity contribution in [2.24, 2.45) is 5.92 Å². The molecule has 1 aromatic carbocycles. The van der Waals surface area contributed by atoms with E-state index in [4.69, 9.17) is 0 Å². The molecule has 1 unspecified atom stereocenters. The fraction of sp³-hybridized carbons (Fsp3) is 0.529. The molecule has 0 spiro atoms. The summed E-state index contributed by atoms with van der Waals surface area (Å²) in [7, 11) is 0. The van der Waals surface area contributed by atoms with Crippen LogP contribution in [0, 0.1) is 5.92 Å². The van der Waals surface area contributed by atoms with Crippen LogP contribution in [-0.2, 0) is 16.1 Å². The number of piperidine rings is 1. The van der Waals surface area contributed by atoms with Crippen molar-refractivity contribution >= 4 is 17.5 Å². The molecular formula is C17H23N3O2. The molecule has 2 amide bonds. The summed E-state index contributed by atoms with van der Waals surface area (Å²) in [5.41, 5.74) is 2.02. The fourth-order valence-corrected chi connectivity index (χ4v) is 3.08. The molecule has 5 heteroatoms. The molecule has 2 aliphatic heterocycles.